The molecule has 0 saturated carbocycles. The van der Waals surface area contributed by atoms with Gasteiger partial charge in [-0.2, -0.15) is 0 Å². The number of carbonyl (C=O) groups excluding carboxylic acids is 2. The number of hydrogen-bond acceptors (Lipinski definition) is 4. The molecular formula is C36H70KO7P. The van der Waals surface area contributed by atoms with Gasteiger partial charge in [0.2, 0.25) is 0 Å². The van der Waals surface area contributed by atoms with E-state index in [1.54, 1.807) is 0 Å². The third kappa shape index (κ3) is 54.1. The number of allylic oxidation sites excluding steroid dienone is 4. The van der Waals surface area contributed by atoms with Crippen LogP contribution in [-0.2, 0) is 18.9 Å². The van der Waals surface area contributed by atoms with Gasteiger partial charge in [0, 0.05) is 12.8 Å². The van der Waals surface area contributed by atoms with E-state index < -0.39 is 7.82 Å². The Balaban J connectivity index is -0.00000116. The van der Waals surface area contributed by atoms with Crippen molar-refractivity contribution in [2.45, 2.75) is 194 Å². The van der Waals surface area contributed by atoms with Crippen molar-refractivity contribution in [3.05, 3.63) is 24.3 Å². The van der Waals surface area contributed by atoms with Crippen molar-refractivity contribution in [3.8, 4) is 0 Å². The van der Waals surface area contributed by atoms with Crippen LogP contribution in [0.3, 0.4) is 0 Å². The fourth-order valence-corrected chi connectivity index (χ4v) is 4.91. The van der Waals surface area contributed by atoms with Crippen molar-refractivity contribution in [1.29, 1.82) is 0 Å². The van der Waals surface area contributed by atoms with Crippen molar-refractivity contribution in [3.63, 3.8) is 0 Å². The maximum Gasteiger partial charge on any atom is 1.00 e. The van der Waals surface area contributed by atoms with Crippen LogP contribution >= 0.6 is 7.82 Å². The van der Waals surface area contributed by atoms with Gasteiger partial charge < -0.3 is 20.8 Å². The van der Waals surface area contributed by atoms with Gasteiger partial charge in [-0.15, -0.1) is 0 Å². The van der Waals surface area contributed by atoms with Crippen molar-refractivity contribution in [2.75, 3.05) is 0 Å². The van der Waals surface area contributed by atoms with Crippen LogP contribution < -0.4 is 51.4 Å². The van der Waals surface area contributed by atoms with Gasteiger partial charge in [-0.05, 0) is 64.2 Å². The van der Waals surface area contributed by atoms with Gasteiger partial charge in [0.15, 0.2) is 0 Å². The molecule has 7 nitrogen and oxygen atoms in total. The van der Waals surface area contributed by atoms with E-state index in [4.69, 9.17) is 24.0 Å². The SMILES string of the molecule is CCCCCCCCC=CCCCCCCCC(=O)OC(=O)CCCCCCCC=CCCCCCCCC.O=P(O)(O)O.[H-].[K+]. The number of ether oxygens (including phenoxy) is 1. The number of unbranched alkanes of at least 4 members (excludes halogenated alkanes) is 22. The second-order valence-corrected chi connectivity index (χ2v) is 13.1. The summed E-state index contributed by atoms with van der Waals surface area (Å²) in [5.74, 6) is -0.684. The van der Waals surface area contributed by atoms with E-state index in [9.17, 15) is 9.59 Å². The molecule has 0 atom stereocenters. The minimum absolute atomic E-state index is 0. The van der Waals surface area contributed by atoms with Crippen LogP contribution in [0.25, 0.3) is 0 Å². The number of rotatable bonds is 30. The quantitative estimate of drug-likeness (QED) is 0.0174. The number of esters is 2. The van der Waals surface area contributed by atoms with Gasteiger partial charge in [0.05, 0.1) is 0 Å². The van der Waals surface area contributed by atoms with E-state index in [0.29, 0.717) is 12.8 Å². The van der Waals surface area contributed by atoms with Crippen LogP contribution in [0.5, 0.6) is 0 Å². The summed E-state index contributed by atoms with van der Waals surface area (Å²) in [6, 6.07) is 0. The molecule has 0 spiro atoms. The van der Waals surface area contributed by atoms with E-state index in [0.717, 1.165) is 38.5 Å². The molecule has 0 amide bonds. The molecule has 0 unspecified atom stereocenters. The molecule has 9 heteroatoms. The molecule has 3 N–H and O–H groups in total. The van der Waals surface area contributed by atoms with E-state index >= 15 is 0 Å². The Labute approximate surface area is 321 Å². The first-order chi connectivity index (χ1) is 21.2. The molecule has 0 rings (SSSR count). The zero-order valence-electron chi connectivity index (χ0n) is 30.5. The summed E-state index contributed by atoms with van der Waals surface area (Å²) in [4.78, 5) is 45.3. The standard InChI is InChI=1S/C36H66O3.K.H3O4P.H/c1-3-5-7-9-11-13-15-17-19-21-23-25-27-29-31-33-35(37)39-36(38)34-32-30-28-26-24-22-20-18-16-14-12-10-8-6-4-2;;1-5(2,3)4;/h17-20H,3-16,21-34H2,1-2H3;;(H3,1,2,3,4);/q;+1;;-1. The van der Waals surface area contributed by atoms with E-state index in [2.05, 4.69) is 38.2 Å². The zero-order chi connectivity index (χ0) is 33.0. The van der Waals surface area contributed by atoms with Crippen molar-refractivity contribution < 1.29 is 86.4 Å². The van der Waals surface area contributed by atoms with E-state index in [1.807, 2.05) is 0 Å². The fourth-order valence-electron chi connectivity index (χ4n) is 4.91. The smallest absolute Gasteiger partial charge is 1.00 e. The molecule has 0 bridgehead atoms. The molecular weight excluding hydrogens is 614 g/mol. The van der Waals surface area contributed by atoms with Crippen molar-refractivity contribution in [1.82, 2.24) is 0 Å². The Morgan fingerprint density at radius 1 is 0.489 bits per heavy atom. The Kier molecular flexibility index (Phi) is 44.8. The number of phosphoric acid groups is 1. The molecule has 0 aromatic rings. The van der Waals surface area contributed by atoms with Crippen LogP contribution in [0.1, 0.15) is 195 Å². The van der Waals surface area contributed by atoms with Crippen LogP contribution in [0.15, 0.2) is 24.3 Å². The van der Waals surface area contributed by atoms with Crippen LogP contribution in [-0.4, -0.2) is 26.6 Å². The molecule has 0 aliphatic carbocycles. The normalized spacial score (nSPS) is 11.4. The first-order valence-corrected chi connectivity index (χ1v) is 19.6. The second-order valence-electron chi connectivity index (χ2n) is 12.0. The van der Waals surface area contributed by atoms with Crippen molar-refractivity contribution in [2.24, 2.45) is 0 Å². The van der Waals surface area contributed by atoms with Crippen LogP contribution in [0.4, 0.5) is 0 Å². The number of carbonyl (C=O) groups is 2. The molecule has 0 aromatic carbocycles. The predicted molar refractivity (Wildman–Crippen MR) is 185 cm³/mol. The maximum atomic E-state index is 11.9. The van der Waals surface area contributed by atoms with Gasteiger partial charge in [-0.25, -0.2) is 4.57 Å². The van der Waals surface area contributed by atoms with Gasteiger partial charge in [0.25, 0.3) is 0 Å². The second kappa shape index (κ2) is 40.5. The van der Waals surface area contributed by atoms with E-state index in [1.165, 1.54) is 128 Å². The van der Waals surface area contributed by atoms with Crippen LogP contribution in [0.2, 0.25) is 0 Å². The fraction of sp³-hybridized carbons (Fsp3) is 0.833. The van der Waals surface area contributed by atoms with E-state index in [-0.39, 0.29) is 64.7 Å². The molecule has 0 aliphatic rings. The average molecular weight is 685 g/mol. The molecule has 0 aliphatic heterocycles. The van der Waals surface area contributed by atoms with Gasteiger partial charge in [-0.1, -0.05) is 141 Å². The maximum absolute atomic E-state index is 11.9. The summed E-state index contributed by atoms with van der Waals surface area (Å²) in [5, 5.41) is 0. The Morgan fingerprint density at radius 2 is 0.711 bits per heavy atom. The summed E-state index contributed by atoms with van der Waals surface area (Å²) in [6.45, 7) is 4.53. The summed E-state index contributed by atoms with van der Waals surface area (Å²) >= 11 is 0. The summed E-state index contributed by atoms with van der Waals surface area (Å²) < 4.78 is 13.9. The molecule has 0 fully saturated rings. The third-order valence-electron chi connectivity index (χ3n) is 7.51. The molecule has 0 heterocycles. The van der Waals surface area contributed by atoms with Gasteiger partial charge in [-0.3, -0.25) is 9.59 Å². The number of hydrogen-bond donors (Lipinski definition) is 3. The summed E-state index contributed by atoms with van der Waals surface area (Å²) in [6.07, 6.45) is 42.2. The summed E-state index contributed by atoms with van der Waals surface area (Å²) in [5.41, 5.74) is 0. The molecule has 0 aromatic heterocycles. The van der Waals surface area contributed by atoms with Crippen LogP contribution in [0, 0.1) is 0 Å². The predicted octanol–water partition coefficient (Wildman–Crippen LogP) is 8.32. The monoisotopic (exact) mass is 684 g/mol. The van der Waals surface area contributed by atoms with Gasteiger partial charge in [0.1, 0.15) is 0 Å². The molecule has 45 heavy (non-hydrogen) atoms. The topological polar surface area (TPSA) is 121 Å². The Hall–Kier alpha value is 0.366. The van der Waals surface area contributed by atoms with Gasteiger partial charge >= 0.3 is 71.1 Å². The third-order valence-corrected chi connectivity index (χ3v) is 7.51. The zero-order valence-corrected chi connectivity index (χ0v) is 33.5. The Bertz CT molecular complexity index is 686. The minimum atomic E-state index is -4.64. The Morgan fingerprint density at radius 3 is 0.978 bits per heavy atom. The average Bonchev–Trinajstić information content (AvgIpc) is 2.96. The summed E-state index contributed by atoms with van der Waals surface area (Å²) in [7, 11) is -4.64. The largest absolute Gasteiger partial charge is 1.00 e. The molecule has 0 saturated heterocycles. The minimum Gasteiger partial charge on any atom is -1.00 e. The first kappa shape index (κ1) is 49.8. The van der Waals surface area contributed by atoms with Crippen molar-refractivity contribution >= 4 is 19.8 Å². The molecule has 262 valence electrons. The molecule has 0 radical (unpaired) electrons. The first-order valence-electron chi connectivity index (χ1n) is 18.0.